The van der Waals surface area contributed by atoms with E-state index in [4.69, 9.17) is 16.7 Å². The standard InChI is InChI=1S/C18H14ClN3O3/c1-11-15(17(23)22(21-11)13-5-3-2-4-6-13)10-20-12-7-8-16(19)14(9-12)18(24)25/h2-10,15H,1H3,(H,24,25)/t15-/m1/s1. The Hall–Kier alpha value is -2.99. The molecule has 0 saturated heterocycles. The second-order valence-corrected chi connectivity index (χ2v) is 5.86. The van der Waals surface area contributed by atoms with Crippen molar-refractivity contribution in [2.75, 3.05) is 5.01 Å². The molecule has 0 radical (unpaired) electrons. The van der Waals surface area contributed by atoms with E-state index in [0.29, 0.717) is 17.1 Å². The lowest BCUT2D eigenvalue weighted by Crippen LogP contribution is -2.27. The van der Waals surface area contributed by atoms with Crippen LogP contribution in [0.5, 0.6) is 0 Å². The molecule has 0 fully saturated rings. The molecule has 25 heavy (non-hydrogen) atoms. The summed E-state index contributed by atoms with van der Waals surface area (Å²) in [6.07, 6.45) is 1.47. The molecule has 3 rings (SSSR count). The molecule has 0 saturated carbocycles. The summed E-state index contributed by atoms with van der Waals surface area (Å²) in [5, 5.41) is 14.9. The van der Waals surface area contributed by atoms with E-state index >= 15 is 0 Å². The lowest BCUT2D eigenvalue weighted by molar-refractivity contribution is -0.118. The van der Waals surface area contributed by atoms with Crippen LogP contribution in [0.3, 0.4) is 0 Å². The number of hydrogen-bond donors (Lipinski definition) is 1. The average Bonchev–Trinajstić information content (AvgIpc) is 2.89. The summed E-state index contributed by atoms with van der Waals surface area (Å²) in [5.74, 6) is -1.93. The Morgan fingerprint density at radius 3 is 2.68 bits per heavy atom. The van der Waals surface area contributed by atoms with E-state index in [1.54, 1.807) is 25.1 Å². The number of anilines is 1. The summed E-state index contributed by atoms with van der Waals surface area (Å²) in [6.45, 7) is 1.75. The monoisotopic (exact) mass is 355 g/mol. The normalized spacial score (nSPS) is 17.2. The SMILES string of the molecule is CC1=NN(c2ccccc2)C(=O)[C@@H]1C=Nc1ccc(Cl)c(C(=O)O)c1. The third-order valence-electron chi connectivity index (χ3n) is 3.74. The fraction of sp³-hybridized carbons (Fsp3) is 0.111. The van der Waals surface area contributed by atoms with Crippen LogP contribution in [0.2, 0.25) is 5.02 Å². The second kappa shape index (κ2) is 6.86. The number of aliphatic imine (C=N–C) groups is 1. The third kappa shape index (κ3) is 3.44. The quantitative estimate of drug-likeness (QED) is 0.847. The number of amides is 1. The molecule has 7 heteroatoms. The van der Waals surface area contributed by atoms with Crippen LogP contribution in [-0.4, -0.2) is 28.9 Å². The van der Waals surface area contributed by atoms with Gasteiger partial charge < -0.3 is 5.11 Å². The highest BCUT2D eigenvalue weighted by Gasteiger charge is 2.33. The van der Waals surface area contributed by atoms with Crippen molar-refractivity contribution in [1.29, 1.82) is 0 Å². The van der Waals surface area contributed by atoms with Gasteiger partial charge in [0.1, 0.15) is 5.92 Å². The van der Waals surface area contributed by atoms with Crippen molar-refractivity contribution in [2.45, 2.75) is 6.92 Å². The number of rotatable bonds is 4. The van der Waals surface area contributed by atoms with Gasteiger partial charge in [0.25, 0.3) is 5.91 Å². The van der Waals surface area contributed by atoms with Gasteiger partial charge in [0, 0.05) is 6.21 Å². The Morgan fingerprint density at radius 1 is 1.28 bits per heavy atom. The topological polar surface area (TPSA) is 82.3 Å². The first-order chi connectivity index (χ1) is 12.0. The molecule has 0 bridgehead atoms. The van der Waals surface area contributed by atoms with Crippen molar-refractivity contribution in [3.05, 3.63) is 59.1 Å². The second-order valence-electron chi connectivity index (χ2n) is 5.45. The minimum absolute atomic E-state index is 0.0367. The number of carbonyl (C=O) groups is 2. The molecule has 0 aromatic heterocycles. The van der Waals surface area contributed by atoms with Crippen molar-refractivity contribution >= 4 is 46.8 Å². The number of hydrogen-bond acceptors (Lipinski definition) is 4. The van der Waals surface area contributed by atoms with Gasteiger partial charge in [0.05, 0.1) is 27.7 Å². The first-order valence-electron chi connectivity index (χ1n) is 7.48. The molecule has 1 N–H and O–H groups in total. The van der Waals surface area contributed by atoms with Crippen molar-refractivity contribution < 1.29 is 14.7 Å². The number of benzene rings is 2. The van der Waals surface area contributed by atoms with Gasteiger partial charge in [-0.15, -0.1) is 0 Å². The van der Waals surface area contributed by atoms with Crippen molar-refractivity contribution in [3.63, 3.8) is 0 Å². The zero-order valence-corrected chi connectivity index (χ0v) is 14.0. The van der Waals surface area contributed by atoms with Gasteiger partial charge in [-0.05, 0) is 37.3 Å². The number of aromatic carboxylic acids is 1. The number of halogens is 1. The Morgan fingerprint density at radius 2 is 2.00 bits per heavy atom. The van der Waals surface area contributed by atoms with Crippen molar-refractivity contribution in [3.8, 4) is 0 Å². The zero-order valence-electron chi connectivity index (χ0n) is 13.3. The van der Waals surface area contributed by atoms with Crippen LogP contribution < -0.4 is 5.01 Å². The summed E-state index contributed by atoms with van der Waals surface area (Å²) in [5.41, 5.74) is 1.67. The highest BCUT2D eigenvalue weighted by molar-refractivity contribution is 6.33. The predicted molar refractivity (Wildman–Crippen MR) is 97.1 cm³/mol. The van der Waals surface area contributed by atoms with Gasteiger partial charge in [0.15, 0.2) is 0 Å². The first kappa shape index (κ1) is 16.9. The number of para-hydroxylation sites is 1. The Labute approximate surface area is 149 Å². The number of carboxylic acids is 1. The van der Waals surface area contributed by atoms with E-state index in [2.05, 4.69) is 10.1 Å². The Kier molecular flexibility index (Phi) is 4.63. The van der Waals surface area contributed by atoms with Gasteiger partial charge in [-0.1, -0.05) is 29.8 Å². The Bertz CT molecular complexity index is 894. The van der Waals surface area contributed by atoms with Gasteiger partial charge in [-0.25, -0.2) is 4.79 Å². The molecular formula is C18H14ClN3O3. The van der Waals surface area contributed by atoms with E-state index in [1.807, 2.05) is 18.2 Å². The van der Waals surface area contributed by atoms with E-state index in [0.717, 1.165) is 0 Å². The molecule has 0 aliphatic carbocycles. The number of nitrogens with zero attached hydrogens (tertiary/aromatic N) is 3. The van der Waals surface area contributed by atoms with Crippen LogP contribution in [0, 0.1) is 5.92 Å². The molecule has 1 heterocycles. The molecule has 1 aliphatic heterocycles. The lowest BCUT2D eigenvalue weighted by atomic mass is 10.1. The number of hydrazone groups is 1. The zero-order chi connectivity index (χ0) is 18.0. The van der Waals surface area contributed by atoms with E-state index in [9.17, 15) is 9.59 Å². The molecule has 0 unspecified atom stereocenters. The van der Waals surface area contributed by atoms with Crippen LogP contribution in [0.25, 0.3) is 0 Å². The maximum atomic E-state index is 12.6. The molecule has 1 amide bonds. The lowest BCUT2D eigenvalue weighted by Gasteiger charge is -2.12. The molecule has 6 nitrogen and oxygen atoms in total. The van der Waals surface area contributed by atoms with E-state index in [1.165, 1.54) is 23.4 Å². The van der Waals surface area contributed by atoms with Crippen molar-refractivity contribution in [1.82, 2.24) is 0 Å². The molecule has 1 aliphatic rings. The smallest absolute Gasteiger partial charge is 0.337 e. The molecule has 0 spiro atoms. The fourth-order valence-electron chi connectivity index (χ4n) is 2.42. The first-order valence-corrected chi connectivity index (χ1v) is 7.86. The molecule has 126 valence electrons. The minimum atomic E-state index is -1.13. The molecule has 2 aromatic rings. The predicted octanol–water partition coefficient (Wildman–Crippen LogP) is 3.78. The van der Waals surface area contributed by atoms with Crippen LogP contribution in [0.1, 0.15) is 17.3 Å². The Balaban J connectivity index is 1.83. The summed E-state index contributed by atoms with van der Waals surface area (Å²) >= 11 is 5.84. The van der Waals surface area contributed by atoms with Crippen LogP contribution in [0.15, 0.2) is 58.6 Å². The van der Waals surface area contributed by atoms with Gasteiger partial charge in [0.2, 0.25) is 0 Å². The maximum Gasteiger partial charge on any atom is 0.337 e. The molecular weight excluding hydrogens is 342 g/mol. The number of carbonyl (C=O) groups excluding carboxylic acids is 1. The fourth-order valence-corrected chi connectivity index (χ4v) is 2.62. The number of carboxylic acid groups (broad SMARTS) is 1. The van der Waals surface area contributed by atoms with Gasteiger partial charge >= 0.3 is 5.97 Å². The van der Waals surface area contributed by atoms with Gasteiger partial charge in [-0.2, -0.15) is 10.1 Å². The van der Waals surface area contributed by atoms with E-state index in [-0.39, 0.29) is 16.5 Å². The minimum Gasteiger partial charge on any atom is -0.478 e. The van der Waals surface area contributed by atoms with Gasteiger partial charge in [-0.3, -0.25) is 9.79 Å². The maximum absolute atomic E-state index is 12.6. The summed E-state index contributed by atoms with van der Waals surface area (Å²) in [4.78, 5) is 27.9. The van der Waals surface area contributed by atoms with Crippen LogP contribution in [0.4, 0.5) is 11.4 Å². The van der Waals surface area contributed by atoms with Crippen LogP contribution >= 0.6 is 11.6 Å². The average molecular weight is 356 g/mol. The third-order valence-corrected chi connectivity index (χ3v) is 4.07. The van der Waals surface area contributed by atoms with Crippen LogP contribution in [-0.2, 0) is 4.79 Å². The largest absolute Gasteiger partial charge is 0.478 e. The van der Waals surface area contributed by atoms with Crippen molar-refractivity contribution in [2.24, 2.45) is 16.0 Å². The molecule has 1 atom stereocenters. The summed E-state index contributed by atoms with van der Waals surface area (Å²) in [7, 11) is 0. The summed E-state index contributed by atoms with van der Waals surface area (Å²) in [6, 6.07) is 13.5. The highest BCUT2D eigenvalue weighted by atomic mass is 35.5. The summed E-state index contributed by atoms with van der Waals surface area (Å²) < 4.78 is 0. The highest BCUT2D eigenvalue weighted by Crippen LogP contribution is 2.25. The van der Waals surface area contributed by atoms with E-state index < -0.39 is 11.9 Å². The molecule has 2 aromatic carbocycles.